The highest BCUT2D eigenvalue weighted by Gasteiger charge is 2.34. The van der Waals surface area contributed by atoms with Crippen LogP contribution in [-0.2, 0) is 17.6 Å². The van der Waals surface area contributed by atoms with Crippen LogP contribution in [0.4, 0.5) is 0 Å². The van der Waals surface area contributed by atoms with Crippen LogP contribution in [0, 0.1) is 11.8 Å². The molecule has 86 valence electrons. The number of hydrogen-bond acceptors (Lipinski definition) is 2. The van der Waals surface area contributed by atoms with E-state index >= 15 is 0 Å². The van der Waals surface area contributed by atoms with E-state index in [0.717, 1.165) is 32.5 Å². The summed E-state index contributed by atoms with van der Waals surface area (Å²) in [6, 6.07) is 8.55. The van der Waals surface area contributed by atoms with Gasteiger partial charge in [-0.2, -0.15) is 0 Å². The van der Waals surface area contributed by atoms with Gasteiger partial charge in [-0.05, 0) is 36.3 Å². The van der Waals surface area contributed by atoms with Crippen molar-refractivity contribution in [3.8, 4) is 0 Å². The van der Waals surface area contributed by atoms with Gasteiger partial charge in [-0.15, -0.1) is 0 Å². The molecule has 0 amide bonds. The highest BCUT2D eigenvalue weighted by molar-refractivity contribution is 5.32. The van der Waals surface area contributed by atoms with Gasteiger partial charge in [0.15, 0.2) is 0 Å². The Kier molecular flexibility index (Phi) is 2.70. The molecule has 3 rings (SSSR count). The van der Waals surface area contributed by atoms with Gasteiger partial charge < -0.3 is 9.84 Å². The van der Waals surface area contributed by atoms with Gasteiger partial charge in [0.25, 0.3) is 0 Å². The zero-order valence-electron chi connectivity index (χ0n) is 9.43. The Balaban J connectivity index is 1.70. The maximum absolute atomic E-state index is 10.3. The number of ether oxygens (including phenoxy) is 1. The second-order valence-corrected chi connectivity index (χ2v) is 5.05. The predicted octanol–water partition coefficient (Wildman–Crippen LogP) is 1.80. The van der Waals surface area contributed by atoms with Crippen molar-refractivity contribution in [2.45, 2.75) is 25.4 Å². The lowest BCUT2D eigenvalue weighted by molar-refractivity contribution is 0.0465. The van der Waals surface area contributed by atoms with Crippen molar-refractivity contribution in [3.05, 3.63) is 35.4 Å². The molecule has 1 N–H and O–H groups in total. The molecule has 1 saturated heterocycles. The molecule has 1 fully saturated rings. The van der Waals surface area contributed by atoms with Crippen LogP contribution in [0.5, 0.6) is 0 Å². The second-order valence-electron chi connectivity index (χ2n) is 5.05. The molecule has 0 radical (unpaired) electrons. The van der Waals surface area contributed by atoms with E-state index in [1.807, 2.05) is 0 Å². The molecule has 1 aromatic rings. The molecule has 1 aromatic carbocycles. The van der Waals surface area contributed by atoms with E-state index in [1.54, 1.807) is 0 Å². The highest BCUT2D eigenvalue weighted by Crippen LogP contribution is 2.33. The number of rotatable bonds is 2. The third-order valence-corrected chi connectivity index (χ3v) is 4.01. The van der Waals surface area contributed by atoms with Crippen LogP contribution in [0.15, 0.2) is 24.3 Å². The second kappa shape index (κ2) is 4.19. The lowest BCUT2D eigenvalue weighted by Crippen LogP contribution is -2.30. The van der Waals surface area contributed by atoms with Gasteiger partial charge in [0.2, 0.25) is 0 Å². The topological polar surface area (TPSA) is 29.5 Å². The quantitative estimate of drug-likeness (QED) is 0.820. The van der Waals surface area contributed by atoms with Crippen molar-refractivity contribution in [1.29, 1.82) is 0 Å². The summed E-state index contributed by atoms with van der Waals surface area (Å²) >= 11 is 0. The molecule has 0 aromatic heterocycles. The first-order chi connectivity index (χ1) is 7.84. The van der Waals surface area contributed by atoms with E-state index in [9.17, 15) is 5.11 Å². The SMILES string of the molecule is OC(C1CCOC1)C1Cc2ccccc2C1. The number of benzene rings is 1. The molecule has 2 atom stereocenters. The van der Waals surface area contributed by atoms with Crippen LogP contribution in [0.3, 0.4) is 0 Å². The van der Waals surface area contributed by atoms with Gasteiger partial charge in [0.1, 0.15) is 0 Å². The summed E-state index contributed by atoms with van der Waals surface area (Å²) in [6.45, 7) is 1.56. The molecule has 0 spiro atoms. The van der Waals surface area contributed by atoms with E-state index < -0.39 is 0 Å². The van der Waals surface area contributed by atoms with Crippen molar-refractivity contribution >= 4 is 0 Å². The van der Waals surface area contributed by atoms with Gasteiger partial charge >= 0.3 is 0 Å². The van der Waals surface area contributed by atoms with Crippen LogP contribution in [0.2, 0.25) is 0 Å². The lowest BCUT2D eigenvalue weighted by atomic mass is 9.88. The molecular formula is C14H18O2. The van der Waals surface area contributed by atoms with Crippen molar-refractivity contribution in [2.75, 3.05) is 13.2 Å². The zero-order chi connectivity index (χ0) is 11.0. The van der Waals surface area contributed by atoms with Crippen LogP contribution in [-0.4, -0.2) is 24.4 Å². The minimum Gasteiger partial charge on any atom is -0.392 e. The van der Waals surface area contributed by atoms with Gasteiger partial charge in [-0.25, -0.2) is 0 Å². The van der Waals surface area contributed by atoms with Crippen molar-refractivity contribution < 1.29 is 9.84 Å². The number of aliphatic hydroxyl groups is 1. The van der Waals surface area contributed by atoms with Crippen LogP contribution < -0.4 is 0 Å². The molecule has 1 aliphatic heterocycles. The summed E-state index contributed by atoms with van der Waals surface area (Å²) in [5.41, 5.74) is 2.84. The van der Waals surface area contributed by atoms with E-state index in [4.69, 9.17) is 4.74 Å². The predicted molar refractivity (Wildman–Crippen MR) is 62.3 cm³/mol. The maximum atomic E-state index is 10.3. The summed E-state index contributed by atoms with van der Waals surface area (Å²) in [5.74, 6) is 0.767. The summed E-state index contributed by atoms with van der Waals surface area (Å²) in [6.07, 6.45) is 2.91. The summed E-state index contributed by atoms with van der Waals surface area (Å²) < 4.78 is 5.35. The standard InChI is InChI=1S/C14H18O2/c15-14(12-5-6-16-9-12)13-7-10-3-1-2-4-11(10)8-13/h1-4,12-15H,5-9H2. The molecular weight excluding hydrogens is 200 g/mol. The molecule has 1 aliphatic carbocycles. The number of aliphatic hydroxyl groups excluding tert-OH is 1. The van der Waals surface area contributed by atoms with Crippen LogP contribution in [0.1, 0.15) is 17.5 Å². The molecule has 2 aliphatic rings. The average molecular weight is 218 g/mol. The first kappa shape index (κ1) is 10.3. The Morgan fingerprint density at radius 1 is 1.12 bits per heavy atom. The first-order valence-electron chi connectivity index (χ1n) is 6.17. The van der Waals surface area contributed by atoms with Crippen LogP contribution in [0.25, 0.3) is 0 Å². The van der Waals surface area contributed by atoms with Crippen molar-refractivity contribution in [3.63, 3.8) is 0 Å². The smallest absolute Gasteiger partial charge is 0.0625 e. The Bertz CT molecular complexity index is 344. The molecule has 0 saturated carbocycles. The third-order valence-electron chi connectivity index (χ3n) is 4.01. The fraction of sp³-hybridized carbons (Fsp3) is 0.571. The Hall–Kier alpha value is -0.860. The number of fused-ring (bicyclic) bond motifs is 1. The number of hydrogen-bond donors (Lipinski definition) is 1. The minimum absolute atomic E-state index is 0.185. The average Bonchev–Trinajstić information content (AvgIpc) is 2.97. The fourth-order valence-corrected chi connectivity index (χ4v) is 3.04. The van der Waals surface area contributed by atoms with Crippen LogP contribution >= 0.6 is 0 Å². The van der Waals surface area contributed by atoms with E-state index in [2.05, 4.69) is 24.3 Å². The Morgan fingerprint density at radius 2 is 1.81 bits per heavy atom. The lowest BCUT2D eigenvalue weighted by Gasteiger charge is -2.22. The van der Waals surface area contributed by atoms with E-state index in [0.29, 0.717) is 11.8 Å². The summed E-state index contributed by atoms with van der Waals surface area (Å²) in [4.78, 5) is 0. The van der Waals surface area contributed by atoms with E-state index in [1.165, 1.54) is 11.1 Å². The van der Waals surface area contributed by atoms with E-state index in [-0.39, 0.29) is 6.10 Å². The molecule has 2 heteroatoms. The third kappa shape index (κ3) is 1.76. The minimum atomic E-state index is -0.185. The van der Waals surface area contributed by atoms with Crippen molar-refractivity contribution in [2.24, 2.45) is 11.8 Å². The van der Waals surface area contributed by atoms with Crippen molar-refractivity contribution in [1.82, 2.24) is 0 Å². The molecule has 2 nitrogen and oxygen atoms in total. The largest absolute Gasteiger partial charge is 0.392 e. The maximum Gasteiger partial charge on any atom is 0.0625 e. The van der Waals surface area contributed by atoms with Gasteiger partial charge in [-0.3, -0.25) is 0 Å². The molecule has 2 unspecified atom stereocenters. The Morgan fingerprint density at radius 3 is 2.38 bits per heavy atom. The Labute approximate surface area is 96.2 Å². The normalized spacial score (nSPS) is 26.9. The summed E-state index contributed by atoms with van der Waals surface area (Å²) in [7, 11) is 0. The van der Waals surface area contributed by atoms with Gasteiger partial charge in [0, 0.05) is 12.5 Å². The molecule has 0 bridgehead atoms. The fourth-order valence-electron chi connectivity index (χ4n) is 3.04. The van der Waals surface area contributed by atoms with Gasteiger partial charge in [-0.1, -0.05) is 24.3 Å². The monoisotopic (exact) mass is 218 g/mol. The van der Waals surface area contributed by atoms with Gasteiger partial charge in [0.05, 0.1) is 12.7 Å². The summed E-state index contributed by atoms with van der Waals surface area (Å²) in [5, 5.41) is 10.3. The molecule has 1 heterocycles. The highest BCUT2D eigenvalue weighted by atomic mass is 16.5. The zero-order valence-corrected chi connectivity index (χ0v) is 9.43. The first-order valence-corrected chi connectivity index (χ1v) is 6.17. The molecule has 16 heavy (non-hydrogen) atoms.